The van der Waals surface area contributed by atoms with Gasteiger partial charge in [-0.2, -0.15) is 4.98 Å². The maximum atomic E-state index is 11.1. The van der Waals surface area contributed by atoms with Crippen LogP contribution in [0.15, 0.2) is 16.7 Å². The average Bonchev–Trinajstić information content (AvgIpc) is 3.32. The zero-order valence-electron chi connectivity index (χ0n) is 12.6. The summed E-state index contributed by atoms with van der Waals surface area (Å²) < 4.78 is 5.23. The summed E-state index contributed by atoms with van der Waals surface area (Å²) in [5.74, 6) is 1.14. The molecule has 0 bridgehead atoms. The van der Waals surface area contributed by atoms with E-state index >= 15 is 0 Å². The highest BCUT2D eigenvalue weighted by Gasteiger charge is 2.29. The normalized spacial score (nSPS) is 21.4. The molecule has 0 aromatic carbocycles. The van der Waals surface area contributed by atoms with Crippen LogP contribution in [0.5, 0.6) is 0 Å². The number of carboxylic acids is 1. The Labute approximate surface area is 132 Å². The Morgan fingerprint density at radius 3 is 2.83 bits per heavy atom. The van der Waals surface area contributed by atoms with Crippen molar-refractivity contribution in [3.63, 3.8) is 0 Å². The number of aliphatic carboxylic acids is 1. The van der Waals surface area contributed by atoms with Crippen LogP contribution in [0.4, 0.5) is 5.82 Å². The third kappa shape index (κ3) is 2.88. The van der Waals surface area contributed by atoms with E-state index in [1.54, 1.807) is 6.07 Å². The van der Waals surface area contributed by atoms with Crippen LogP contribution in [0, 0.1) is 5.92 Å². The van der Waals surface area contributed by atoms with E-state index in [0.29, 0.717) is 36.3 Å². The second-order valence-electron chi connectivity index (χ2n) is 6.13. The Morgan fingerprint density at radius 2 is 2.13 bits per heavy atom. The van der Waals surface area contributed by atoms with Gasteiger partial charge in [0.25, 0.3) is 5.89 Å². The first kappa shape index (κ1) is 14.1. The van der Waals surface area contributed by atoms with E-state index in [9.17, 15) is 4.79 Å². The van der Waals surface area contributed by atoms with Gasteiger partial charge in [0.05, 0.1) is 5.92 Å². The largest absolute Gasteiger partial charge is 0.481 e. The second-order valence-corrected chi connectivity index (χ2v) is 6.13. The lowest BCUT2D eigenvalue weighted by atomic mass is 9.98. The summed E-state index contributed by atoms with van der Waals surface area (Å²) in [7, 11) is 0. The molecule has 1 aliphatic carbocycles. The third-order valence-electron chi connectivity index (χ3n) is 4.35. The van der Waals surface area contributed by atoms with Crippen LogP contribution in [0.3, 0.4) is 0 Å². The summed E-state index contributed by atoms with van der Waals surface area (Å²) in [6.07, 6.45) is 3.78. The van der Waals surface area contributed by atoms with E-state index < -0.39 is 5.97 Å². The lowest BCUT2D eigenvalue weighted by Crippen LogP contribution is -2.39. The summed E-state index contributed by atoms with van der Waals surface area (Å²) in [4.78, 5) is 17.5. The molecule has 2 aromatic heterocycles. The monoisotopic (exact) mass is 315 g/mol. The van der Waals surface area contributed by atoms with Crippen molar-refractivity contribution in [1.82, 2.24) is 20.3 Å². The highest BCUT2D eigenvalue weighted by Crippen LogP contribution is 2.38. The molecule has 0 amide bonds. The number of nitrogens with zero attached hydrogens (tertiary/aromatic N) is 5. The molecule has 23 heavy (non-hydrogen) atoms. The molecule has 1 unspecified atom stereocenters. The molecule has 8 heteroatoms. The Kier molecular flexibility index (Phi) is 3.44. The number of hydrogen-bond donors (Lipinski definition) is 1. The molecule has 8 nitrogen and oxygen atoms in total. The molecule has 0 radical (unpaired) electrons. The van der Waals surface area contributed by atoms with E-state index in [1.807, 2.05) is 11.0 Å². The lowest BCUT2D eigenvalue weighted by Gasteiger charge is -2.31. The summed E-state index contributed by atoms with van der Waals surface area (Å²) >= 11 is 0. The van der Waals surface area contributed by atoms with Gasteiger partial charge in [0.15, 0.2) is 17.3 Å². The topological polar surface area (TPSA) is 105 Å². The number of aromatic nitrogens is 4. The lowest BCUT2D eigenvalue weighted by molar-refractivity contribution is -0.141. The first-order valence-electron chi connectivity index (χ1n) is 7.86. The Morgan fingerprint density at radius 1 is 1.26 bits per heavy atom. The molecular formula is C15H17N5O3. The number of rotatable bonds is 4. The number of anilines is 1. The van der Waals surface area contributed by atoms with Gasteiger partial charge in [0.1, 0.15) is 0 Å². The van der Waals surface area contributed by atoms with Crippen molar-refractivity contribution >= 4 is 11.8 Å². The molecule has 3 heterocycles. The van der Waals surface area contributed by atoms with Crippen molar-refractivity contribution in [2.24, 2.45) is 5.92 Å². The zero-order chi connectivity index (χ0) is 15.8. The Balaban J connectivity index is 1.49. The molecular weight excluding hydrogens is 298 g/mol. The molecule has 2 aromatic rings. The molecule has 2 aliphatic rings. The quantitative estimate of drug-likeness (QED) is 0.909. The van der Waals surface area contributed by atoms with Crippen LogP contribution in [-0.4, -0.2) is 44.5 Å². The number of piperidine rings is 1. The van der Waals surface area contributed by atoms with Gasteiger partial charge in [-0.3, -0.25) is 4.79 Å². The minimum absolute atomic E-state index is 0.345. The van der Waals surface area contributed by atoms with Gasteiger partial charge < -0.3 is 14.5 Å². The number of carboxylic acid groups (broad SMARTS) is 1. The van der Waals surface area contributed by atoms with Gasteiger partial charge in [0, 0.05) is 19.0 Å². The van der Waals surface area contributed by atoms with Crippen molar-refractivity contribution in [3.8, 4) is 11.6 Å². The molecule has 0 spiro atoms. The fourth-order valence-corrected chi connectivity index (χ4v) is 2.84. The molecule has 1 saturated carbocycles. The fourth-order valence-electron chi connectivity index (χ4n) is 2.84. The highest BCUT2D eigenvalue weighted by atomic mass is 16.5. The maximum Gasteiger partial charge on any atom is 0.308 e. The fraction of sp³-hybridized carbons (Fsp3) is 0.533. The van der Waals surface area contributed by atoms with Crippen LogP contribution >= 0.6 is 0 Å². The average molecular weight is 315 g/mol. The van der Waals surface area contributed by atoms with Crippen molar-refractivity contribution in [2.45, 2.75) is 31.6 Å². The predicted octanol–water partition coefficient (Wildman–Crippen LogP) is 1.71. The van der Waals surface area contributed by atoms with Crippen LogP contribution in [-0.2, 0) is 4.79 Å². The van der Waals surface area contributed by atoms with Crippen LogP contribution in [0.2, 0.25) is 0 Å². The minimum Gasteiger partial charge on any atom is -0.481 e. The number of hydrogen-bond acceptors (Lipinski definition) is 7. The third-order valence-corrected chi connectivity index (χ3v) is 4.35. The van der Waals surface area contributed by atoms with E-state index in [2.05, 4.69) is 20.3 Å². The molecule has 4 rings (SSSR count). The highest BCUT2D eigenvalue weighted by molar-refractivity contribution is 5.71. The van der Waals surface area contributed by atoms with Gasteiger partial charge in [0.2, 0.25) is 0 Å². The summed E-state index contributed by atoms with van der Waals surface area (Å²) in [6, 6.07) is 3.62. The SMILES string of the molecule is O=C(O)C1CCCN(c2ccc(-c3nc(C4CC4)no3)nn2)C1. The minimum atomic E-state index is -0.752. The van der Waals surface area contributed by atoms with Gasteiger partial charge in [-0.05, 0) is 37.8 Å². The zero-order valence-corrected chi connectivity index (χ0v) is 12.6. The standard InChI is InChI=1S/C15H17N5O3/c21-15(22)10-2-1-7-20(8-10)12-6-5-11(17-18-12)14-16-13(19-23-14)9-3-4-9/h5-6,9-10H,1-4,7-8H2,(H,21,22). The van der Waals surface area contributed by atoms with E-state index in [1.165, 1.54) is 0 Å². The molecule has 2 fully saturated rings. The molecule has 1 N–H and O–H groups in total. The van der Waals surface area contributed by atoms with Crippen molar-refractivity contribution < 1.29 is 14.4 Å². The molecule has 120 valence electrons. The smallest absolute Gasteiger partial charge is 0.308 e. The van der Waals surface area contributed by atoms with E-state index in [4.69, 9.17) is 9.63 Å². The van der Waals surface area contributed by atoms with E-state index in [-0.39, 0.29) is 5.92 Å². The summed E-state index contributed by atoms with van der Waals surface area (Å²) in [5, 5.41) is 21.5. The first-order valence-corrected chi connectivity index (χ1v) is 7.86. The summed E-state index contributed by atoms with van der Waals surface area (Å²) in [6.45, 7) is 1.26. The van der Waals surface area contributed by atoms with Crippen LogP contribution < -0.4 is 4.90 Å². The van der Waals surface area contributed by atoms with Crippen molar-refractivity contribution in [2.75, 3.05) is 18.0 Å². The van der Waals surface area contributed by atoms with Crippen molar-refractivity contribution in [3.05, 3.63) is 18.0 Å². The predicted molar refractivity (Wildman–Crippen MR) is 79.9 cm³/mol. The molecule has 1 aliphatic heterocycles. The maximum absolute atomic E-state index is 11.1. The van der Waals surface area contributed by atoms with Gasteiger partial charge in [-0.25, -0.2) is 0 Å². The van der Waals surface area contributed by atoms with Gasteiger partial charge in [-0.15, -0.1) is 10.2 Å². The Bertz CT molecular complexity index is 710. The van der Waals surface area contributed by atoms with Crippen LogP contribution in [0.25, 0.3) is 11.6 Å². The molecule has 1 saturated heterocycles. The van der Waals surface area contributed by atoms with E-state index in [0.717, 1.165) is 31.6 Å². The second kappa shape index (κ2) is 5.60. The van der Waals surface area contributed by atoms with Gasteiger partial charge >= 0.3 is 5.97 Å². The van der Waals surface area contributed by atoms with Crippen molar-refractivity contribution in [1.29, 1.82) is 0 Å². The Hall–Kier alpha value is -2.51. The summed E-state index contributed by atoms with van der Waals surface area (Å²) in [5.41, 5.74) is 0.542. The van der Waals surface area contributed by atoms with Crippen LogP contribution in [0.1, 0.15) is 37.4 Å². The first-order chi connectivity index (χ1) is 11.2. The number of carbonyl (C=O) groups is 1. The molecule has 1 atom stereocenters. The van der Waals surface area contributed by atoms with Gasteiger partial charge in [-0.1, -0.05) is 5.16 Å².